The highest BCUT2D eigenvalue weighted by molar-refractivity contribution is 5.73. The van der Waals surface area contributed by atoms with Gasteiger partial charge in [-0.25, -0.2) is 0 Å². The van der Waals surface area contributed by atoms with Gasteiger partial charge < -0.3 is 19.1 Å². The molecule has 0 radical (unpaired) electrons. The van der Waals surface area contributed by atoms with E-state index in [0.717, 1.165) is 18.9 Å². The highest BCUT2D eigenvalue weighted by atomic mass is 16.5. The summed E-state index contributed by atoms with van der Waals surface area (Å²) in [6, 6.07) is 0.296. The first-order valence-electron chi connectivity index (χ1n) is 10.5. The molecule has 7 nitrogen and oxygen atoms in total. The summed E-state index contributed by atoms with van der Waals surface area (Å²) in [5, 5.41) is 3.99. The number of ether oxygens (including phenoxy) is 1. The van der Waals surface area contributed by atoms with Gasteiger partial charge in [0, 0.05) is 46.1 Å². The molecule has 0 bridgehead atoms. The molecule has 27 heavy (non-hydrogen) atoms. The van der Waals surface area contributed by atoms with Crippen molar-refractivity contribution < 1.29 is 14.1 Å². The van der Waals surface area contributed by atoms with Crippen molar-refractivity contribution in [2.75, 3.05) is 33.3 Å². The standard InChI is InChI=1S/C20H34N4O3/c1-16(25)24(12-10-19-21-20(15-26-2)27-22-19)18-9-6-11-23(14-18)13-17-7-4-3-5-8-17/h17-18H,3-15H2,1-2H3. The summed E-state index contributed by atoms with van der Waals surface area (Å²) < 4.78 is 10.2. The molecule has 1 unspecified atom stereocenters. The average Bonchev–Trinajstić information content (AvgIpc) is 3.11. The third-order valence-electron chi connectivity index (χ3n) is 5.92. The van der Waals surface area contributed by atoms with Gasteiger partial charge in [-0.15, -0.1) is 0 Å². The quantitative estimate of drug-likeness (QED) is 0.692. The van der Waals surface area contributed by atoms with E-state index in [9.17, 15) is 4.79 Å². The Morgan fingerprint density at radius 3 is 2.81 bits per heavy atom. The van der Waals surface area contributed by atoms with Crippen LogP contribution in [0.15, 0.2) is 4.52 Å². The Hall–Kier alpha value is -1.47. The molecule has 7 heteroatoms. The molecule has 152 valence electrons. The minimum absolute atomic E-state index is 0.139. The molecule has 1 saturated carbocycles. The lowest BCUT2D eigenvalue weighted by molar-refractivity contribution is -0.132. The van der Waals surface area contributed by atoms with Crippen LogP contribution < -0.4 is 0 Å². The summed E-state index contributed by atoms with van der Waals surface area (Å²) in [4.78, 5) is 21.2. The maximum Gasteiger partial charge on any atom is 0.252 e. The van der Waals surface area contributed by atoms with Crippen molar-refractivity contribution in [1.29, 1.82) is 0 Å². The number of hydrogen-bond acceptors (Lipinski definition) is 6. The Bertz CT molecular complexity index is 586. The van der Waals surface area contributed by atoms with Gasteiger partial charge in [0.15, 0.2) is 5.82 Å². The molecule has 0 N–H and O–H groups in total. The summed E-state index contributed by atoms with van der Waals surface area (Å²) in [7, 11) is 1.60. The Labute approximate surface area is 162 Å². The SMILES string of the molecule is COCc1nc(CCN(C(C)=O)C2CCCN(CC3CCCCC3)C2)no1. The predicted octanol–water partition coefficient (Wildman–Crippen LogP) is 2.65. The maximum absolute atomic E-state index is 12.3. The molecule has 1 atom stereocenters. The zero-order valence-corrected chi connectivity index (χ0v) is 16.9. The topological polar surface area (TPSA) is 71.7 Å². The summed E-state index contributed by atoms with van der Waals surface area (Å²) in [6.45, 7) is 6.01. The number of carbonyl (C=O) groups is 1. The average molecular weight is 379 g/mol. The first-order valence-corrected chi connectivity index (χ1v) is 10.5. The number of likely N-dealkylation sites (tertiary alicyclic amines) is 1. The Kier molecular flexibility index (Phi) is 7.64. The van der Waals surface area contributed by atoms with Crippen LogP contribution in [0.25, 0.3) is 0 Å². The third-order valence-corrected chi connectivity index (χ3v) is 5.92. The molecule has 1 saturated heterocycles. The van der Waals surface area contributed by atoms with Gasteiger partial charge in [-0.2, -0.15) is 4.98 Å². The van der Waals surface area contributed by atoms with Crippen LogP contribution in [0.5, 0.6) is 0 Å². The first kappa shape index (κ1) is 20.3. The Morgan fingerprint density at radius 2 is 2.07 bits per heavy atom. The number of nitrogens with zero attached hydrogens (tertiary/aromatic N) is 4. The van der Waals surface area contributed by atoms with Crippen molar-refractivity contribution >= 4 is 5.91 Å². The van der Waals surface area contributed by atoms with Crippen LogP contribution in [-0.4, -0.2) is 65.2 Å². The fourth-order valence-corrected chi connectivity index (χ4v) is 4.58. The van der Waals surface area contributed by atoms with Crippen LogP contribution in [-0.2, 0) is 22.6 Å². The number of piperidine rings is 1. The molecular weight excluding hydrogens is 344 g/mol. The summed E-state index contributed by atoms with van der Waals surface area (Å²) in [5.74, 6) is 2.11. The van der Waals surface area contributed by atoms with Crippen molar-refractivity contribution in [3.05, 3.63) is 11.7 Å². The van der Waals surface area contributed by atoms with Crippen molar-refractivity contribution in [3.8, 4) is 0 Å². The third kappa shape index (κ3) is 6.01. The molecule has 0 spiro atoms. The molecule has 1 aliphatic carbocycles. The smallest absolute Gasteiger partial charge is 0.252 e. The fraction of sp³-hybridized carbons (Fsp3) is 0.850. The molecule has 1 aromatic heterocycles. The van der Waals surface area contributed by atoms with Crippen molar-refractivity contribution in [1.82, 2.24) is 19.9 Å². The van der Waals surface area contributed by atoms with E-state index in [-0.39, 0.29) is 5.91 Å². The minimum atomic E-state index is 0.139. The zero-order valence-electron chi connectivity index (χ0n) is 16.9. The summed E-state index contributed by atoms with van der Waals surface area (Å²) >= 11 is 0. The monoisotopic (exact) mass is 378 g/mol. The normalized spacial score (nSPS) is 22.1. The van der Waals surface area contributed by atoms with Crippen LogP contribution in [0.4, 0.5) is 0 Å². The molecule has 1 amide bonds. The van der Waals surface area contributed by atoms with Crippen molar-refractivity contribution in [2.24, 2.45) is 5.92 Å². The van der Waals surface area contributed by atoms with Gasteiger partial charge >= 0.3 is 0 Å². The molecule has 2 aliphatic rings. The number of carbonyl (C=O) groups excluding carboxylic acids is 1. The Morgan fingerprint density at radius 1 is 1.26 bits per heavy atom. The number of rotatable bonds is 8. The minimum Gasteiger partial charge on any atom is -0.375 e. The van der Waals surface area contributed by atoms with E-state index >= 15 is 0 Å². The largest absolute Gasteiger partial charge is 0.375 e. The molecule has 1 aliphatic heterocycles. The molecule has 2 heterocycles. The van der Waals surface area contributed by atoms with Gasteiger partial charge in [-0.3, -0.25) is 4.79 Å². The van der Waals surface area contributed by atoms with Gasteiger partial charge in [0.25, 0.3) is 5.89 Å². The predicted molar refractivity (Wildman–Crippen MR) is 102 cm³/mol. The van der Waals surface area contributed by atoms with E-state index in [1.807, 2.05) is 4.90 Å². The van der Waals surface area contributed by atoms with E-state index in [2.05, 4.69) is 15.0 Å². The maximum atomic E-state index is 12.3. The van der Waals surface area contributed by atoms with Crippen LogP contribution in [0.1, 0.15) is 63.6 Å². The highest BCUT2D eigenvalue weighted by Crippen LogP contribution is 2.26. The summed E-state index contributed by atoms with van der Waals surface area (Å²) in [6.07, 6.45) is 9.79. The van der Waals surface area contributed by atoms with Crippen LogP contribution in [0.3, 0.4) is 0 Å². The van der Waals surface area contributed by atoms with Crippen LogP contribution in [0, 0.1) is 5.92 Å². The first-order chi connectivity index (χ1) is 13.2. The van der Waals surface area contributed by atoms with Crippen LogP contribution in [0.2, 0.25) is 0 Å². The lowest BCUT2D eigenvalue weighted by Crippen LogP contribution is -2.51. The number of aromatic nitrogens is 2. The second kappa shape index (κ2) is 10.2. The second-order valence-corrected chi connectivity index (χ2v) is 8.06. The van der Waals surface area contributed by atoms with E-state index in [1.54, 1.807) is 14.0 Å². The van der Waals surface area contributed by atoms with Gasteiger partial charge in [0.1, 0.15) is 6.61 Å². The van der Waals surface area contributed by atoms with E-state index < -0.39 is 0 Å². The van der Waals surface area contributed by atoms with E-state index in [4.69, 9.17) is 9.26 Å². The van der Waals surface area contributed by atoms with Crippen molar-refractivity contribution in [2.45, 2.75) is 70.9 Å². The van der Waals surface area contributed by atoms with E-state index in [0.29, 0.717) is 37.3 Å². The Balaban J connectivity index is 1.52. The van der Waals surface area contributed by atoms with Gasteiger partial charge in [0.2, 0.25) is 5.91 Å². The fourth-order valence-electron chi connectivity index (χ4n) is 4.58. The lowest BCUT2D eigenvalue weighted by atomic mass is 9.88. The molecular formula is C20H34N4O3. The number of methoxy groups -OCH3 is 1. The van der Waals surface area contributed by atoms with Gasteiger partial charge in [-0.1, -0.05) is 24.4 Å². The molecule has 0 aromatic carbocycles. The lowest BCUT2D eigenvalue weighted by Gasteiger charge is -2.40. The molecule has 1 aromatic rings. The molecule has 3 rings (SSSR count). The number of amides is 1. The van der Waals surface area contributed by atoms with Crippen molar-refractivity contribution in [3.63, 3.8) is 0 Å². The van der Waals surface area contributed by atoms with Gasteiger partial charge in [0.05, 0.1) is 0 Å². The molecule has 2 fully saturated rings. The zero-order chi connectivity index (χ0) is 19.1. The summed E-state index contributed by atoms with van der Waals surface area (Å²) in [5.41, 5.74) is 0. The second-order valence-electron chi connectivity index (χ2n) is 8.06. The van der Waals surface area contributed by atoms with Gasteiger partial charge in [-0.05, 0) is 38.1 Å². The van der Waals surface area contributed by atoms with Crippen LogP contribution >= 0.6 is 0 Å². The number of hydrogen-bond donors (Lipinski definition) is 0. The highest BCUT2D eigenvalue weighted by Gasteiger charge is 2.28. The van der Waals surface area contributed by atoms with E-state index in [1.165, 1.54) is 51.6 Å².